The van der Waals surface area contributed by atoms with E-state index in [9.17, 15) is 47.9 Å². The Morgan fingerprint density at radius 1 is 0.430 bits per heavy atom. The third-order valence-electron chi connectivity index (χ3n) is 13.9. The van der Waals surface area contributed by atoms with Crippen LogP contribution in [-0.2, 0) is 79.7 Å². The van der Waals surface area contributed by atoms with Crippen LogP contribution in [0.4, 0.5) is 0 Å². The van der Waals surface area contributed by atoms with Crippen molar-refractivity contribution in [3.63, 3.8) is 0 Å². The standard InChI is InChI=1S/C64H102N8O14/c1-46(2)38-55(57(75)21-24-59(77)67-28-14-32-85-36-34-83-30-12-26-65)71-63(81)51(40-49-16-8-6-9-17-49)42-53(73)44-69-61(79)23-20-48(5)62(80)70-45-54(74)43-52(41-50-18-10-7-11-19-50)64(82)72-56(39-47(3)4)58(76)22-25-60(78)68-29-15-33-86-37-35-84-31-13-27-66/h6-11,16-19,46-48,51-52,55-56H,12-15,20-45,65-66H2,1-5H3,(H,67,77)(H,68,78)(H,69,79)(H,70,80)(H,71,81)(H,72,82). The third-order valence-corrected chi connectivity index (χ3v) is 13.9. The summed E-state index contributed by atoms with van der Waals surface area (Å²) in [4.78, 5) is 133. The van der Waals surface area contributed by atoms with E-state index in [2.05, 4.69) is 31.9 Å². The zero-order valence-corrected chi connectivity index (χ0v) is 51.9. The first kappa shape index (κ1) is 75.8. The molecule has 5 atom stereocenters. The molecule has 0 saturated carbocycles. The molecule has 0 aromatic heterocycles. The average Bonchev–Trinajstić information content (AvgIpc) is 3.59. The zero-order chi connectivity index (χ0) is 63.3. The van der Waals surface area contributed by atoms with Crippen LogP contribution in [-0.4, -0.2) is 163 Å². The van der Waals surface area contributed by atoms with Crippen molar-refractivity contribution >= 4 is 58.6 Å². The maximum absolute atomic E-state index is 14.0. The van der Waals surface area contributed by atoms with E-state index in [1.54, 1.807) is 6.92 Å². The molecule has 0 saturated heterocycles. The number of hydrogen-bond donors (Lipinski definition) is 8. The molecule has 0 bridgehead atoms. The first-order chi connectivity index (χ1) is 41.3. The van der Waals surface area contributed by atoms with Gasteiger partial charge in [0.15, 0.2) is 23.1 Å². The van der Waals surface area contributed by atoms with E-state index < -0.39 is 65.0 Å². The number of ether oxygens (including phenoxy) is 4. The molecule has 0 aliphatic heterocycles. The fraction of sp³-hybridized carbons (Fsp3) is 0.656. The molecular formula is C64H102N8O14. The number of carbonyl (C=O) groups excluding carboxylic acids is 10. The van der Waals surface area contributed by atoms with Gasteiger partial charge in [-0.15, -0.1) is 0 Å². The van der Waals surface area contributed by atoms with Gasteiger partial charge in [-0.25, -0.2) is 0 Å². The van der Waals surface area contributed by atoms with Gasteiger partial charge < -0.3 is 62.3 Å². The van der Waals surface area contributed by atoms with Crippen molar-refractivity contribution in [2.45, 2.75) is 149 Å². The summed E-state index contributed by atoms with van der Waals surface area (Å²) in [6.45, 7) is 14.2. The van der Waals surface area contributed by atoms with E-state index in [0.29, 0.717) is 105 Å². The number of benzene rings is 2. The van der Waals surface area contributed by atoms with Crippen LogP contribution in [0.2, 0.25) is 0 Å². The van der Waals surface area contributed by atoms with Crippen molar-refractivity contribution in [1.82, 2.24) is 31.9 Å². The molecule has 22 heteroatoms. The highest BCUT2D eigenvalue weighted by Crippen LogP contribution is 2.19. The number of nitrogens with one attached hydrogen (secondary N) is 6. The lowest BCUT2D eigenvalue weighted by atomic mass is 9.91. The van der Waals surface area contributed by atoms with Gasteiger partial charge in [-0.1, -0.05) is 95.3 Å². The highest BCUT2D eigenvalue weighted by Gasteiger charge is 2.31. The molecule has 2 aromatic rings. The fourth-order valence-corrected chi connectivity index (χ4v) is 9.01. The molecule has 0 spiro atoms. The smallest absolute Gasteiger partial charge is 0.224 e. The van der Waals surface area contributed by atoms with Crippen LogP contribution in [0.5, 0.6) is 0 Å². The molecule has 22 nitrogen and oxygen atoms in total. The fourth-order valence-electron chi connectivity index (χ4n) is 9.01. The van der Waals surface area contributed by atoms with Gasteiger partial charge in [0.05, 0.1) is 51.6 Å². The topological polar surface area (TPSA) is 332 Å². The molecule has 0 heterocycles. The summed E-state index contributed by atoms with van der Waals surface area (Å²) < 4.78 is 21.8. The summed E-state index contributed by atoms with van der Waals surface area (Å²) in [7, 11) is 0. The van der Waals surface area contributed by atoms with Crippen LogP contribution in [0.1, 0.15) is 136 Å². The third kappa shape index (κ3) is 37.3. The van der Waals surface area contributed by atoms with Crippen molar-refractivity contribution in [1.29, 1.82) is 0 Å². The summed E-state index contributed by atoms with van der Waals surface area (Å²) in [6.07, 6.45) is 2.95. The Labute approximate surface area is 510 Å². The van der Waals surface area contributed by atoms with Crippen molar-refractivity contribution in [2.75, 3.05) is 92.1 Å². The summed E-state index contributed by atoms with van der Waals surface area (Å²) in [5, 5.41) is 16.6. The van der Waals surface area contributed by atoms with E-state index >= 15 is 0 Å². The molecule has 0 aliphatic carbocycles. The van der Waals surface area contributed by atoms with Gasteiger partial charge >= 0.3 is 0 Å². The van der Waals surface area contributed by atoms with Gasteiger partial charge in [-0.2, -0.15) is 0 Å². The van der Waals surface area contributed by atoms with Crippen LogP contribution in [0, 0.1) is 29.6 Å². The lowest BCUT2D eigenvalue weighted by Gasteiger charge is -2.23. The first-order valence-corrected chi connectivity index (χ1v) is 30.9. The molecule has 2 aromatic carbocycles. The maximum Gasteiger partial charge on any atom is 0.224 e. The Morgan fingerprint density at radius 2 is 0.802 bits per heavy atom. The minimum Gasteiger partial charge on any atom is -0.379 e. The monoisotopic (exact) mass is 1210 g/mol. The highest BCUT2D eigenvalue weighted by molar-refractivity contribution is 5.96. The van der Waals surface area contributed by atoms with Gasteiger partial charge in [0.2, 0.25) is 35.4 Å². The molecule has 0 fully saturated rings. The quantitative estimate of drug-likeness (QED) is 0.0437. The summed E-state index contributed by atoms with van der Waals surface area (Å²) in [5.74, 6) is -6.47. The Bertz CT molecular complexity index is 2310. The van der Waals surface area contributed by atoms with Crippen molar-refractivity contribution in [3.05, 3.63) is 71.8 Å². The Balaban J connectivity index is 1.91. The van der Waals surface area contributed by atoms with Crippen LogP contribution in [0.3, 0.4) is 0 Å². The number of carbonyl (C=O) groups is 10. The SMILES string of the molecule is CC(C)CC(NC(=O)C(CC(=O)CNC(=O)CCC(C)C(=O)NCC(=O)CC(Cc1ccccc1)C(=O)NC(CC(C)C)C(=O)CCC(=O)NCCCOCCOCCCN)Cc1ccccc1)C(=O)CCC(=O)NCCCOCCOCCCN. The lowest BCUT2D eigenvalue weighted by molar-refractivity contribution is -0.133. The summed E-state index contributed by atoms with van der Waals surface area (Å²) >= 11 is 0. The van der Waals surface area contributed by atoms with E-state index in [-0.39, 0.29) is 113 Å². The minimum atomic E-state index is -0.889. The van der Waals surface area contributed by atoms with Crippen molar-refractivity contribution in [3.8, 4) is 0 Å². The summed E-state index contributed by atoms with van der Waals surface area (Å²) in [5.41, 5.74) is 12.5. The van der Waals surface area contributed by atoms with Crippen LogP contribution in [0.25, 0.3) is 0 Å². The summed E-state index contributed by atoms with van der Waals surface area (Å²) in [6, 6.07) is 16.5. The zero-order valence-electron chi connectivity index (χ0n) is 51.9. The van der Waals surface area contributed by atoms with Crippen molar-refractivity contribution < 1.29 is 66.9 Å². The molecule has 10 N–H and O–H groups in total. The molecule has 482 valence electrons. The minimum absolute atomic E-state index is 0.0212. The molecule has 86 heavy (non-hydrogen) atoms. The van der Waals surface area contributed by atoms with Gasteiger partial charge in [0.25, 0.3) is 0 Å². The number of nitrogens with two attached hydrogens (primary N) is 2. The second-order valence-electron chi connectivity index (χ2n) is 22.6. The Kier molecular flexibility index (Phi) is 41.3. The Hall–Kier alpha value is -6.30. The number of rotatable bonds is 52. The molecular weight excluding hydrogens is 1100 g/mol. The molecule has 0 aliphatic rings. The normalized spacial score (nSPS) is 13.0. The molecule has 0 radical (unpaired) electrons. The van der Waals surface area contributed by atoms with E-state index in [4.69, 9.17) is 30.4 Å². The van der Waals surface area contributed by atoms with Crippen molar-refractivity contribution in [2.24, 2.45) is 41.1 Å². The van der Waals surface area contributed by atoms with Gasteiger partial charge in [-0.05, 0) is 93.8 Å². The predicted octanol–water partition coefficient (Wildman–Crippen LogP) is 3.81. The Morgan fingerprint density at radius 3 is 1.19 bits per heavy atom. The molecule has 6 amide bonds. The van der Waals surface area contributed by atoms with Crippen LogP contribution >= 0.6 is 0 Å². The largest absolute Gasteiger partial charge is 0.379 e. The lowest BCUT2D eigenvalue weighted by Crippen LogP contribution is -2.46. The average molecular weight is 1210 g/mol. The van der Waals surface area contributed by atoms with Gasteiger partial charge in [0, 0.05) is 102 Å². The predicted molar refractivity (Wildman–Crippen MR) is 328 cm³/mol. The molecule has 5 unspecified atom stereocenters. The second kappa shape index (κ2) is 46.9. The maximum atomic E-state index is 14.0. The number of amides is 6. The first-order valence-electron chi connectivity index (χ1n) is 30.9. The highest BCUT2D eigenvalue weighted by atomic mass is 16.5. The number of Topliss-reactive ketones (excluding diaryl/α,β-unsaturated/α-hetero) is 4. The van der Waals surface area contributed by atoms with Crippen LogP contribution < -0.4 is 43.4 Å². The second-order valence-corrected chi connectivity index (χ2v) is 22.6. The van der Waals surface area contributed by atoms with Gasteiger partial charge in [0.1, 0.15) is 0 Å². The van der Waals surface area contributed by atoms with Crippen LogP contribution in [0.15, 0.2) is 60.7 Å². The number of hydrogen-bond acceptors (Lipinski definition) is 16. The molecule has 2 rings (SSSR count). The van der Waals surface area contributed by atoms with E-state index in [1.165, 1.54) is 0 Å². The van der Waals surface area contributed by atoms with Gasteiger partial charge in [-0.3, -0.25) is 47.9 Å². The van der Waals surface area contributed by atoms with E-state index in [0.717, 1.165) is 24.0 Å². The number of ketones is 4. The van der Waals surface area contributed by atoms with E-state index in [1.807, 2.05) is 88.4 Å².